The van der Waals surface area contributed by atoms with E-state index in [0.29, 0.717) is 38.4 Å². The Morgan fingerprint density at radius 2 is 1.64 bits per heavy atom. The van der Waals surface area contributed by atoms with Crippen molar-refractivity contribution in [3.05, 3.63) is 93.4 Å². The van der Waals surface area contributed by atoms with E-state index in [0.717, 1.165) is 30.0 Å². The minimum absolute atomic E-state index is 0.210. The van der Waals surface area contributed by atoms with E-state index in [2.05, 4.69) is 21.6 Å². The topological polar surface area (TPSA) is 64.0 Å². The van der Waals surface area contributed by atoms with Crippen LogP contribution in [0.2, 0.25) is 0 Å². The minimum Gasteiger partial charge on any atom is -0.497 e. The molecule has 7 heteroatoms. The van der Waals surface area contributed by atoms with Gasteiger partial charge in [-0.05, 0) is 49.6 Å². The Morgan fingerprint density at radius 3 is 2.28 bits per heavy atom. The summed E-state index contributed by atoms with van der Waals surface area (Å²) in [6.45, 7) is 5.37. The molecule has 0 bridgehead atoms. The lowest BCUT2D eigenvalue weighted by Gasteiger charge is -2.36. The first kappa shape index (κ1) is 25.5. The Morgan fingerprint density at radius 1 is 0.944 bits per heavy atom. The van der Waals surface area contributed by atoms with Crippen molar-refractivity contribution >= 4 is 11.6 Å². The van der Waals surface area contributed by atoms with Crippen molar-refractivity contribution in [3.8, 4) is 5.75 Å². The average molecular weight is 490 g/mol. The van der Waals surface area contributed by atoms with Gasteiger partial charge in [-0.1, -0.05) is 30.3 Å². The molecule has 0 spiro atoms. The fourth-order valence-corrected chi connectivity index (χ4v) is 4.86. The van der Waals surface area contributed by atoms with Crippen LogP contribution in [0, 0.1) is 6.92 Å². The predicted octanol–water partition coefficient (Wildman–Crippen LogP) is 3.91. The molecule has 1 amide bonds. The van der Waals surface area contributed by atoms with Gasteiger partial charge in [0.1, 0.15) is 11.3 Å². The summed E-state index contributed by atoms with van der Waals surface area (Å²) in [5.74, 6) is 0.607. The van der Waals surface area contributed by atoms with Crippen molar-refractivity contribution in [3.63, 3.8) is 0 Å². The molecule has 0 unspecified atom stereocenters. The van der Waals surface area contributed by atoms with Crippen LogP contribution in [0.5, 0.6) is 5.75 Å². The molecule has 1 saturated heterocycles. The number of nitrogens with zero attached hydrogens (tertiary/aromatic N) is 3. The predicted molar refractivity (Wildman–Crippen MR) is 142 cm³/mol. The highest BCUT2D eigenvalue weighted by molar-refractivity contribution is 5.95. The lowest BCUT2D eigenvalue weighted by molar-refractivity contribution is 0.0738. The Kier molecular flexibility index (Phi) is 8.44. The van der Waals surface area contributed by atoms with Crippen LogP contribution in [0.25, 0.3) is 0 Å². The van der Waals surface area contributed by atoms with Crippen LogP contribution in [0.4, 0.5) is 5.69 Å². The first-order chi connectivity index (χ1) is 17.5. The van der Waals surface area contributed by atoms with Gasteiger partial charge in [0.05, 0.1) is 19.4 Å². The molecule has 4 rings (SSSR count). The van der Waals surface area contributed by atoms with Crippen molar-refractivity contribution in [1.82, 2.24) is 9.47 Å². The van der Waals surface area contributed by atoms with Gasteiger partial charge in [-0.15, -0.1) is 0 Å². The second-order valence-corrected chi connectivity index (χ2v) is 9.12. The molecule has 1 aromatic heterocycles. The molecule has 0 atom stereocenters. The number of benzene rings is 2. The molecule has 2 heterocycles. The highest BCUT2D eigenvalue weighted by Gasteiger charge is 2.27. The van der Waals surface area contributed by atoms with Gasteiger partial charge in [0.15, 0.2) is 5.43 Å². The van der Waals surface area contributed by atoms with Gasteiger partial charge in [-0.25, -0.2) is 0 Å². The standard InChI is InChI=1S/C29H35N3O4/c1-22-20-27(33)28(26(21-35-2)32(22)15-7-10-23-8-5-4-6-9-23)29(34)31-18-16-30(17-19-31)24-11-13-25(36-3)14-12-24/h4-6,8-9,11-14,20H,7,10,15-19,21H2,1-3H3. The second kappa shape index (κ2) is 11.9. The fraction of sp³-hybridized carbons (Fsp3) is 0.379. The van der Waals surface area contributed by atoms with Crippen LogP contribution in [-0.4, -0.2) is 55.8 Å². The van der Waals surface area contributed by atoms with Gasteiger partial charge in [-0.3, -0.25) is 9.59 Å². The summed E-state index contributed by atoms with van der Waals surface area (Å²) in [4.78, 5) is 30.7. The zero-order chi connectivity index (χ0) is 25.5. The molecule has 2 aromatic carbocycles. The quantitative estimate of drug-likeness (QED) is 0.456. The highest BCUT2D eigenvalue weighted by atomic mass is 16.5. The largest absolute Gasteiger partial charge is 0.497 e. The number of piperazine rings is 1. The van der Waals surface area contributed by atoms with E-state index >= 15 is 0 Å². The molecule has 0 radical (unpaired) electrons. The molecule has 3 aromatic rings. The summed E-state index contributed by atoms with van der Waals surface area (Å²) in [7, 11) is 3.25. The van der Waals surface area contributed by atoms with E-state index in [1.807, 2.05) is 49.4 Å². The normalized spacial score (nSPS) is 13.6. The van der Waals surface area contributed by atoms with Crippen molar-refractivity contribution < 1.29 is 14.3 Å². The van der Waals surface area contributed by atoms with Crippen LogP contribution in [0.3, 0.4) is 0 Å². The summed E-state index contributed by atoms with van der Waals surface area (Å²) < 4.78 is 12.8. The van der Waals surface area contributed by atoms with E-state index in [4.69, 9.17) is 9.47 Å². The molecule has 0 N–H and O–H groups in total. The number of aryl methyl sites for hydroxylation is 2. The lowest BCUT2D eigenvalue weighted by Crippen LogP contribution is -2.50. The molecular formula is C29H35N3O4. The lowest BCUT2D eigenvalue weighted by atomic mass is 10.1. The average Bonchev–Trinajstić information content (AvgIpc) is 2.91. The van der Waals surface area contributed by atoms with Gasteiger partial charge < -0.3 is 23.8 Å². The number of methoxy groups -OCH3 is 2. The molecular weight excluding hydrogens is 454 g/mol. The van der Waals surface area contributed by atoms with Gasteiger partial charge in [0.25, 0.3) is 5.91 Å². The molecule has 190 valence electrons. The number of carbonyl (C=O) groups is 1. The smallest absolute Gasteiger partial charge is 0.259 e. The Bertz CT molecular complexity index is 1210. The first-order valence-electron chi connectivity index (χ1n) is 12.5. The number of amides is 1. The van der Waals surface area contributed by atoms with E-state index in [-0.39, 0.29) is 23.5 Å². The molecule has 1 fully saturated rings. The second-order valence-electron chi connectivity index (χ2n) is 9.12. The maximum absolute atomic E-state index is 13.6. The zero-order valence-electron chi connectivity index (χ0n) is 21.4. The van der Waals surface area contributed by atoms with Crippen molar-refractivity contribution in [2.45, 2.75) is 32.9 Å². The Hall–Kier alpha value is -3.58. The SMILES string of the molecule is COCc1c(C(=O)N2CCN(c3ccc(OC)cc3)CC2)c(=O)cc(C)n1CCCc1ccccc1. The highest BCUT2D eigenvalue weighted by Crippen LogP contribution is 2.22. The van der Waals surface area contributed by atoms with Gasteiger partial charge >= 0.3 is 0 Å². The van der Waals surface area contributed by atoms with E-state index in [1.165, 1.54) is 5.56 Å². The van der Waals surface area contributed by atoms with Gasteiger partial charge in [0, 0.05) is 57.3 Å². The van der Waals surface area contributed by atoms with Crippen molar-refractivity contribution in [2.75, 3.05) is 45.3 Å². The molecule has 36 heavy (non-hydrogen) atoms. The third kappa shape index (κ3) is 5.79. The molecule has 0 aliphatic carbocycles. The van der Waals surface area contributed by atoms with E-state index in [9.17, 15) is 9.59 Å². The molecule has 7 nitrogen and oxygen atoms in total. The van der Waals surface area contributed by atoms with Gasteiger partial charge in [0.2, 0.25) is 0 Å². The fourth-order valence-electron chi connectivity index (χ4n) is 4.86. The summed E-state index contributed by atoms with van der Waals surface area (Å²) in [6, 6.07) is 19.9. The van der Waals surface area contributed by atoms with Gasteiger partial charge in [-0.2, -0.15) is 0 Å². The van der Waals surface area contributed by atoms with E-state index in [1.54, 1.807) is 25.2 Å². The number of hydrogen-bond donors (Lipinski definition) is 0. The third-order valence-electron chi connectivity index (χ3n) is 6.82. The molecule has 0 saturated carbocycles. The third-order valence-corrected chi connectivity index (χ3v) is 6.82. The van der Waals surface area contributed by atoms with Crippen LogP contribution < -0.4 is 15.1 Å². The monoisotopic (exact) mass is 489 g/mol. The number of rotatable bonds is 9. The minimum atomic E-state index is -0.235. The number of aromatic nitrogens is 1. The van der Waals surface area contributed by atoms with Crippen molar-refractivity contribution in [1.29, 1.82) is 0 Å². The molecule has 1 aliphatic heterocycles. The Labute approximate surface area is 212 Å². The van der Waals surface area contributed by atoms with Crippen LogP contribution in [0.15, 0.2) is 65.5 Å². The van der Waals surface area contributed by atoms with Crippen LogP contribution in [0.1, 0.15) is 33.7 Å². The number of pyridine rings is 1. The summed E-state index contributed by atoms with van der Waals surface area (Å²) in [5, 5.41) is 0. The Balaban J connectivity index is 1.50. The molecule has 1 aliphatic rings. The first-order valence-corrected chi connectivity index (χ1v) is 12.5. The van der Waals surface area contributed by atoms with Crippen molar-refractivity contribution in [2.24, 2.45) is 0 Å². The number of hydrogen-bond acceptors (Lipinski definition) is 5. The number of anilines is 1. The summed E-state index contributed by atoms with van der Waals surface area (Å²) >= 11 is 0. The summed E-state index contributed by atoms with van der Waals surface area (Å²) in [5.41, 5.74) is 3.88. The zero-order valence-corrected chi connectivity index (χ0v) is 21.4. The maximum atomic E-state index is 13.6. The van der Waals surface area contributed by atoms with Crippen LogP contribution in [-0.2, 0) is 24.3 Å². The number of ether oxygens (including phenoxy) is 2. The number of carbonyl (C=O) groups excluding carboxylic acids is 1. The summed E-state index contributed by atoms with van der Waals surface area (Å²) in [6.07, 6.45) is 1.83. The van der Waals surface area contributed by atoms with Crippen LogP contribution >= 0.6 is 0 Å². The van der Waals surface area contributed by atoms with E-state index < -0.39 is 0 Å². The maximum Gasteiger partial charge on any atom is 0.259 e.